The summed E-state index contributed by atoms with van der Waals surface area (Å²) in [7, 11) is 0. The van der Waals surface area contributed by atoms with Crippen molar-refractivity contribution in [3.05, 3.63) is 101 Å². The summed E-state index contributed by atoms with van der Waals surface area (Å²) in [4.78, 5) is 10.2. The van der Waals surface area contributed by atoms with Crippen LogP contribution in [-0.4, -0.2) is 19.6 Å². The Kier molecular flexibility index (Phi) is 8.86. The minimum Gasteiger partial charge on any atom is -0.507 e. The maximum atomic E-state index is 11.2. The molecular weight excluding hydrogens is 758 g/mol. The summed E-state index contributed by atoms with van der Waals surface area (Å²) in [5.41, 5.74) is 12.2. The Morgan fingerprint density at radius 1 is 0.681 bits per heavy atom. The molecule has 4 aromatic carbocycles. The molecule has 0 amide bonds. The van der Waals surface area contributed by atoms with Gasteiger partial charge in [-0.25, -0.2) is 4.98 Å². The van der Waals surface area contributed by atoms with E-state index < -0.39 is 0 Å². The van der Waals surface area contributed by atoms with Crippen LogP contribution in [0.1, 0.15) is 84.6 Å². The Morgan fingerprint density at radius 3 is 1.98 bits per heavy atom. The average molecular weight is 804 g/mol. The average Bonchev–Trinajstić information content (AvgIpc) is 3.35. The molecule has 2 aromatic heterocycles. The summed E-state index contributed by atoms with van der Waals surface area (Å²) < 4.78 is 2.26. The van der Waals surface area contributed by atoms with E-state index >= 15 is 0 Å². The molecule has 4 nitrogen and oxygen atoms in total. The third-order valence-electron chi connectivity index (χ3n) is 8.85. The summed E-state index contributed by atoms with van der Waals surface area (Å²) >= 11 is 0. The topological polar surface area (TPSA) is 50.9 Å². The van der Waals surface area contributed by atoms with E-state index in [0.717, 1.165) is 61.3 Å². The van der Waals surface area contributed by atoms with Gasteiger partial charge in [-0.15, -0.1) is 34.9 Å². The van der Waals surface area contributed by atoms with Gasteiger partial charge in [-0.1, -0.05) is 95.5 Å². The van der Waals surface area contributed by atoms with Crippen molar-refractivity contribution >= 4 is 21.9 Å². The third-order valence-corrected chi connectivity index (χ3v) is 8.85. The second kappa shape index (κ2) is 12.0. The molecule has 0 aliphatic rings. The molecule has 5 heteroatoms. The molecule has 0 aliphatic carbocycles. The molecule has 6 rings (SSSR count). The van der Waals surface area contributed by atoms with Crippen LogP contribution in [0.5, 0.6) is 5.75 Å². The molecule has 246 valence electrons. The Bertz CT molecular complexity index is 2140. The van der Waals surface area contributed by atoms with Gasteiger partial charge in [0.2, 0.25) is 0 Å². The summed E-state index contributed by atoms with van der Waals surface area (Å²) in [6.45, 7) is 24.2. The fraction of sp³-hybridized carbons (Fsp3) is 0.333. The molecule has 0 aliphatic heterocycles. The van der Waals surface area contributed by atoms with E-state index in [-0.39, 0.29) is 43.2 Å². The number of para-hydroxylation sites is 1. The number of aromatic nitrogens is 3. The number of nitrogens with zero attached hydrogens (tertiary/aromatic N) is 3. The smallest absolute Gasteiger partial charge is 0.144 e. The van der Waals surface area contributed by atoms with Gasteiger partial charge in [0.05, 0.1) is 16.6 Å². The van der Waals surface area contributed by atoms with E-state index in [9.17, 15) is 5.11 Å². The zero-order chi connectivity index (χ0) is 33.3. The van der Waals surface area contributed by atoms with Crippen molar-refractivity contribution in [2.24, 2.45) is 0 Å². The number of imidazole rings is 1. The molecule has 0 unspecified atom stereocenters. The standard InChI is InChI=1S/C42H46N3O.Pt/c1-25-19-27(23-28(20-25)31-21-26(2)22-32-34(41(6,7)8)17-18-43-37(31)32)30-13-12-14-35-38(30)44-39(45(35)42(9,10)11)33-24-29(40(3,4)5)15-16-36(33)46;/h12-22,24,46H,1-11H3;/q-1;. The van der Waals surface area contributed by atoms with Gasteiger partial charge in [0.15, 0.2) is 0 Å². The van der Waals surface area contributed by atoms with E-state index in [2.05, 4.69) is 141 Å². The molecule has 1 N–H and O–H groups in total. The van der Waals surface area contributed by atoms with Crippen molar-refractivity contribution in [3.8, 4) is 39.4 Å². The predicted molar refractivity (Wildman–Crippen MR) is 194 cm³/mol. The maximum absolute atomic E-state index is 11.2. The Labute approximate surface area is 294 Å². The first-order valence-electron chi connectivity index (χ1n) is 16.2. The van der Waals surface area contributed by atoms with Gasteiger partial charge in [-0.2, -0.15) is 0 Å². The maximum Gasteiger partial charge on any atom is 0.144 e. The van der Waals surface area contributed by atoms with E-state index in [1.54, 1.807) is 6.07 Å². The monoisotopic (exact) mass is 803 g/mol. The van der Waals surface area contributed by atoms with Gasteiger partial charge in [0.25, 0.3) is 0 Å². The van der Waals surface area contributed by atoms with E-state index in [1.165, 1.54) is 16.5 Å². The van der Waals surface area contributed by atoms with Gasteiger partial charge in [-0.05, 0) is 79.3 Å². The van der Waals surface area contributed by atoms with Crippen molar-refractivity contribution in [3.63, 3.8) is 0 Å². The van der Waals surface area contributed by atoms with Gasteiger partial charge in [0.1, 0.15) is 11.6 Å². The summed E-state index contributed by atoms with van der Waals surface area (Å²) in [5.74, 6) is 0.989. The number of aryl methyl sites for hydroxylation is 2. The number of rotatable bonds is 3. The molecular formula is C42H46N3OPt-. The quantitative estimate of drug-likeness (QED) is 0.181. The third kappa shape index (κ3) is 6.42. The van der Waals surface area contributed by atoms with Crippen molar-refractivity contribution in [2.75, 3.05) is 0 Å². The normalized spacial score (nSPS) is 12.5. The molecule has 0 fully saturated rings. The summed E-state index contributed by atoms with van der Waals surface area (Å²) in [5, 5.41) is 12.4. The minimum atomic E-state index is -0.286. The van der Waals surface area contributed by atoms with Crippen LogP contribution in [0.4, 0.5) is 0 Å². The largest absolute Gasteiger partial charge is 0.507 e. The number of benzene rings is 4. The Morgan fingerprint density at radius 2 is 1.34 bits per heavy atom. The second-order valence-corrected chi connectivity index (χ2v) is 15.9. The van der Waals surface area contributed by atoms with Crippen LogP contribution in [0.3, 0.4) is 0 Å². The Hall–Kier alpha value is -3.75. The van der Waals surface area contributed by atoms with Gasteiger partial charge in [-0.3, -0.25) is 4.98 Å². The summed E-state index contributed by atoms with van der Waals surface area (Å²) in [6, 6.07) is 27.1. The number of fused-ring (bicyclic) bond motifs is 2. The van der Waals surface area contributed by atoms with Crippen LogP contribution >= 0.6 is 0 Å². The van der Waals surface area contributed by atoms with Crippen molar-refractivity contribution in [1.29, 1.82) is 0 Å². The van der Waals surface area contributed by atoms with E-state index in [4.69, 9.17) is 9.97 Å². The SMILES string of the molecule is Cc1cc(-c2cc(C)cc3c(C(C)(C)C)ccnc23)[c-]c(-c2cccc3c2nc(-c2cc(C(C)(C)C)ccc2O)n3C(C)(C)C)c1.[Pt]. The molecule has 47 heavy (non-hydrogen) atoms. The minimum absolute atomic E-state index is 0. The number of pyridine rings is 1. The molecule has 0 atom stereocenters. The van der Waals surface area contributed by atoms with E-state index in [1.807, 2.05) is 12.3 Å². The number of hydrogen-bond acceptors (Lipinski definition) is 3. The van der Waals surface area contributed by atoms with Crippen molar-refractivity contribution < 1.29 is 26.2 Å². The van der Waals surface area contributed by atoms with Crippen LogP contribution < -0.4 is 0 Å². The molecule has 0 radical (unpaired) electrons. The first kappa shape index (κ1) is 34.6. The fourth-order valence-electron chi connectivity index (χ4n) is 6.62. The van der Waals surface area contributed by atoms with Crippen LogP contribution in [0.15, 0.2) is 72.9 Å². The Balaban J connectivity index is 0.00000433. The van der Waals surface area contributed by atoms with Gasteiger partial charge in [0, 0.05) is 38.3 Å². The second-order valence-electron chi connectivity index (χ2n) is 15.9. The van der Waals surface area contributed by atoms with Gasteiger partial charge >= 0.3 is 0 Å². The van der Waals surface area contributed by atoms with Crippen LogP contribution in [0.25, 0.3) is 55.6 Å². The molecule has 0 bridgehead atoms. The van der Waals surface area contributed by atoms with Crippen molar-refractivity contribution in [1.82, 2.24) is 14.5 Å². The predicted octanol–water partition coefficient (Wildman–Crippen LogP) is 11.1. The molecule has 0 spiro atoms. The van der Waals surface area contributed by atoms with Crippen LogP contribution in [0, 0.1) is 19.9 Å². The van der Waals surface area contributed by atoms with Crippen LogP contribution in [0.2, 0.25) is 0 Å². The number of hydrogen-bond donors (Lipinski definition) is 1. The molecule has 6 aromatic rings. The number of phenols is 1. The zero-order valence-corrected chi connectivity index (χ0v) is 31.8. The molecule has 0 saturated heterocycles. The molecule has 2 heterocycles. The first-order valence-corrected chi connectivity index (χ1v) is 16.2. The number of phenolic OH excluding ortho intramolecular Hbond substituents is 1. The number of aromatic hydroxyl groups is 1. The fourth-order valence-corrected chi connectivity index (χ4v) is 6.62. The zero-order valence-electron chi connectivity index (χ0n) is 29.5. The van der Waals surface area contributed by atoms with Gasteiger partial charge < -0.3 is 9.67 Å². The first-order chi connectivity index (χ1) is 21.4. The van der Waals surface area contributed by atoms with E-state index in [0.29, 0.717) is 0 Å². The van der Waals surface area contributed by atoms with Crippen LogP contribution in [-0.2, 0) is 37.4 Å². The summed E-state index contributed by atoms with van der Waals surface area (Å²) in [6.07, 6.45) is 1.93. The van der Waals surface area contributed by atoms with Crippen molar-refractivity contribution in [2.45, 2.75) is 92.5 Å². The molecule has 0 saturated carbocycles.